The Morgan fingerprint density at radius 1 is 1.22 bits per heavy atom. The highest BCUT2D eigenvalue weighted by Gasteiger charge is 2.10. The highest BCUT2D eigenvalue weighted by atomic mass is 16.6. The fourth-order valence-corrected chi connectivity index (χ4v) is 2.20. The monoisotopic (exact) mass is 313 g/mol. The van der Waals surface area contributed by atoms with Crippen molar-refractivity contribution < 1.29 is 9.72 Å². The van der Waals surface area contributed by atoms with E-state index in [4.69, 9.17) is 0 Å². The highest BCUT2D eigenvalue weighted by molar-refractivity contribution is 5.92. The Balaban J connectivity index is 1.90. The van der Waals surface area contributed by atoms with Gasteiger partial charge >= 0.3 is 0 Å². The van der Waals surface area contributed by atoms with Gasteiger partial charge in [-0.3, -0.25) is 19.8 Å². The summed E-state index contributed by atoms with van der Waals surface area (Å²) < 4.78 is 0. The van der Waals surface area contributed by atoms with Crippen molar-refractivity contribution >= 4 is 17.3 Å². The predicted octanol–water partition coefficient (Wildman–Crippen LogP) is 2.97. The van der Waals surface area contributed by atoms with Gasteiger partial charge in [0.15, 0.2) is 0 Å². The van der Waals surface area contributed by atoms with E-state index in [-0.39, 0.29) is 18.1 Å². The molecule has 0 unspecified atom stereocenters. The zero-order chi connectivity index (χ0) is 16.8. The Hall–Kier alpha value is -2.73. The number of rotatable bonds is 6. The van der Waals surface area contributed by atoms with Crippen LogP contribution in [0.5, 0.6) is 0 Å². The molecule has 0 aliphatic carbocycles. The van der Waals surface area contributed by atoms with E-state index < -0.39 is 4.92 Å². The smallest absolute Gasteiger partial charge is 0.271 e. The van der Waals surface area contributed by atoms with Crippen LogP contribution in [0, 0.1) is 17.0 Å². The number of benzene rings is 2. The average molecular weight is 313 g/mol. The van der Waals surface area contributed by atoms with Crippen molar-refractivity contribution in [3.05, 3.63) is 69.8 Å². The van der Waals surface area contributed by atoms with E-state index in [1.54, 1.807) is 12.1 Å². The first-order chi connectivity index (χ1) is 10.9. The van der Waals surface area contributed by atoms with Gasteiger partial charge in [-0.2, -0.15) is 0 Å². The number of nitrogens with zero attached hydrogens (tertiary/aromatic N) is 2. The molecule has 0 atom stereocenters. The number of hydrogen-bond donors (Lipinski definition) is 1. The van der Waals surface area contributed by atoms with E-state index in [1.165, 1.54) is 17.7 Å². The van der Waals surface area contributed by atoms with Gasteiger partial charge in [0.05, 0.1) is 11.5 Å². The van der Waals surface area contributed by atoms with Crippen LogP contribution in [0.3, 0.4) is 0 Å². The minimum Gasteiger partial charge on any atom is -0.325 e. The maximum Gasteiger partial charge on any atom is 0.271 e. The van der Waals surface area contributed by atoms with E-state index in [0.29, 0.717) is 12.2 Å². The minimum absolute atomic E-state index is 0.0455. The number of carbonyl (C=O) groups is 1. The van der Waals surface area contributed by atoms with Crippen LogP contribution in [0.4, 0.5) is 11.4 Å². The summed E-state index contributed by atoms with van der Waals surface area (Å²) >= 11 is 0. The van der Waals surface area contributed by atoms with Crippen LogP contribution in [0.15, 0.2) is 48.5 Å². The first-order valence-corrected chi connectivity index (χ1v) is 7.22. The summed E-state index contributed by atoms with van der Waals surface area (Å²) in [4.78, 5) is 24.2. The summed E-state index contributed by atoms with van der Waals surface area (Å²) in [5.41, 5.74) is 2.70. The maximum absolute atomic E-state index is 12.0. The van der Waals surface area contributed by atoms with Crippen LogP contribution in [0.2, 0.25) is 0 Å². The van der Waals surface area contributed by atoms with Crippen LogP contribution >= 0.6 is 0 Å². The molecule has 0 heterocycles. The molecule has 1 N–H and O–H groups in total. The Labute approximate surface area is 134 Å². The Morgan fingerprint density at radius 3 is 2.57 bits per heavy atom. The predicted molar refractivity (Wildman–Crippen MR) is 89.2 cm³/mol. The quantitative estimate of drug-likeness (QED) is 0.657. The van der Waals surface area contributed by atoms with E-state index >= 15 is 0 Å². The van der Waals surface area contributed by atoms with Crippen molar-refractivity contribution in [1.29, 1.82) is 0 Å². The van der Waals surface area contributed by atoms with Crippen LogP contribution in [-0.4, -0.2) is 29.3 Å². The molecule has 2 aromatic carbocycles. The van der Waals surface area contributed by atoms with Crippen LogP contribution in [0.1, 0.15) is 11.1 Å². The molecular formula is C17H19N3O3. The molecule has 0 saturated heterocycles. The lowest BCUT2D eigenvalue weighted by atomic mass is 10.1. The van der Waals surface area contributed by atoms with Crippen molar-refractivity contribution in [2.75, 3.05) is 18.9 Å². The van der Waals surface area contributed by atoms with Crippen LogP contribution in [-0.2, 0) is 11.3 Å². The molecule has 2 rings (SSSR count). The van der Waals surface area contributed by atoms with Crippen molar-refractivity contribution in [1.82, 2.24) is 4.90 Å². The Morgan fingerprint density at radius 2 is 1.91 bits per heavy atom. The molecule has 23 heavy (non-hydrogen) atoms. The van der Waals surface area contributed by atoms with Gasteiger partial charge in [-0.05, 0) is 25.6 Å². The zero-order valence-electron chi connectivity index (χ0n) is 13.2. The number of hydrogen-bond acceptors (Lipinski definition) is 4. The summed E-state index contributed by atoms with van der Waals surface area (Å²) in [6.45, 7) is 2.89. The molecule has 0 spiro atoms. The third kappa shape index (κ3) is 5.19. The maximum atomic E-state index is 12.0. The molecule has 0 fully saturated rings. The summed E-state index contributed by atoms with van der Waals surface area (Å²) in [6.07, 6.45) is 0. The molecule has 0 aromatic heterocycles. The summed E-state index contributed by atoms with van der Waals surface area (Å²) in [5, 5.41) is 13.4. The fourth-order valence-electron chi connectivity index (χ4n) is 2.20. The normalized spacial score (nSPS) is 10.6. The van der Waals surface area contributed by atoms with Crippen LogP contribution < -0.4 is 5.32 Å². The minimum atomic E-state index is -0.487. The highest BCUT2D eigenvalue weighted by Crippen LogP contribution is 2.17. The molecule has 0 bridgehead atoms. The van der Waals surface area contributed by atoms with Crippen molar-refractivity contribution in [3.63, 3.8) is 0 Å². The standard InChI is InChI=1S/C17H19N3O3/c1-13-6-8-14(9-7-13)11-19(2)12-17(21)18-15-4-3-5-16(10-15)20(22)23/h3-10H,11-12H2,1-2H3,(H,18,21). The zero-order valence-corrected chi connectivity index (χ0v) is 13.2. The molecule has 0 aliphatic rings. The third-order valence-corrected chi connectivity index (χ3v) is 3.33. The summed E-state index contributed by atoms with van der Waals surface area (Å²) in [7, 11) is 1.85. The van der Waals surface area contributed by atoms with Crippen molar-refractivity contribution in [2.45, 2.75) is 13.5 Å². The molecule has 0 saturated carbocycles. The molecule has 120 valence electrons. The van der Waals surface area contributed by atoms with Gasteiger partial charge in [-0.15, -0.1) is 0 Å². The number of nitrogens with one attached hydrogen (secondary N) is 1. The number of anilines is 1. The van der Waals surface area contributed by atoms with Crippen molar-refractivity contribution in [2.24, 2.45) is 0 Å². The first kappa shape index (κ1) is 16.6. The molecule has 2 aromatic rings. The molecular weight excluding hydrogens is 294 g/mol. The van der Waals surface area contributed by atoms with Gasteiger partial charge in [0, 0.05) is 24.4 Å². The van der Waals surface area contributed by atoms with Gasteiger partial charge in [-0.1, -0.05) is 35.9 Å². The third-order valence-electron chi connectivity index (χ3n) is 3.33. The molecule has 6 heteroatoms. The van der Waals surface area contributed by atoms with E-state index in [1.807, 2.05) is 43.1 Å². The lowest BCUT2D eigenvalue weighted by Crippen LogP contribution is -2.29. The number of aryl methyl sites for hydroxylation is 1. The van der Waals surface area contributed by atoms with Gasteiger partial charge in [-0.25, -0.2) is 0 Å². The average Bonchev–Trinajstić information content (AvgIpc) is 2.49. The number of likely N-dealkylation sites (N-methyl/N-ethyl adjacent to an activating group) is 1. The van der Waals surface area contributed by atoms with E-state index in [0.717, 1.165) is 5.56 Å². The van der Waals surface area contributed by atoms with Gasteiger partial charge < -0.3 is 5.32 Å². The van der Waals surface area contributed by atoms with Crippen LogP contribution in [0.25, 0.3) is 0 Å². The molecule has 1 amide bonds. The Kier molecular flexibility index (Phi) is 5.43. The second-order valence-electron chi connectivity index (χ2n) is 5.51. The number of non-ortho nitro benzene ring substituents is 1. The lowest BCUT2D eigenvalue weighted by molar-refractivity contribution is -0.384. The van der Waals surface area contributed by atoms with Crippen molar-refractivity contribution in [3.8, 4) is 0 Å². The topological polar surface area (TPSA) is 75.5 Å². The second kappa shape index (κ2) is 7.51. The van der Waals surface area contributed by atoms with E-state index in [2.05, 4.69) is 5.32 Å². The largest absolute Gasteiger partial charge is 0.325 e. The van der Waals surface area contributed by atoms with Gasteiger partial charge in [0.25, 0.3) is 5.69 Å². The number of amides is 1. The number of nitro benzene ring substituents is 1. The SMILES string of the molecule is Cc1ccc(CN(C)CC(=O)Nc2cccc([N+](=O)[O-])c2)cc1. The molecule has 0 radical (unpaired) electrons. The second-order valence-corrected chi connectivity index (χ2v) is 5.51. The van der Waals surface area contributed by atoms with Gasteiger partial charge in [0.1, 0.15) is 0 Å². The lowest BCUT2D eigenvalue weighted by Gasteiger charge is -2.16. The summed E-state index contributed by atoms with van der Waals surface area (Å²) in [5.74, 6) is -0.208. The fraction of sp³-hybridized carbons (Fsp3) is 0.235. The number of nitro groups is 1. The summed E-state index contributed by atoms with van der Waals surface area (Å²) in [6, 6.07) is 14.0. The molecule has 0 aliphatic heterocycles. The molecule has 6 nitrogen and oxygen atoms in total. The first-order valence-electron chi connectivity index (χ1n) is 7.22. The van der Waals surface area contributed by atoms with Gasteiger partial charge in [0.2, 0.25) is 5.91 Å². The van der Waals surface area contributed by atoms with E-state index in [9.17, 15) is 14.9 Å². The number of carbonyl (C=O) groups excluding carboxylic acids is 1. The Bertz CT molecular complexity index is 698.